The molecule has 0 saturated carbocycles. The molecule has 4 nitrogen and oxygen atoms in total. The maximum absolute atomic E-state index is 13.1. The van der Waals surface area contributed by atoms with Crippen LogP contribution in [0.15, 0.2) is 12.1 Å². The van der Waals surface area contributed by atoms with Crippen LogP contribution in [0.1, 0.15) is 10.4 Å². The van der Waals surface area contributed by atoms with E-state index in [1.807, 2.05) is 0 Å². The minimum atomic E-state index is -4.35. The number of anilines is 2. The van der Waals surface area contributed by atoms with Gasteiger partial charge in [-0.1, -0.05) is 0 Å². The minimum Gasteiger partial charge on any atom is -0.478 e. The quantitative estimate of drug-likeness (QED) is 0.443. The van der Waals surface area contributed by atoms with Gasteiger partial charge in [-0.05, 0) is 23.9 Å². The summed E-state index contributed by atoms with van der Waals surface area (Å²) in [6, 6.07) is 2.06. The highest BCUT2D eigenvalue weighted by Crippen LogP contribution is 2.30. The summed E-state index contributed by atoms with van der Waals surface area (Å²) in [6.45, 7) is -0.129. The fourth-order valence-corrected chi connectivity index (χ4v) is 1.76. The van der Waals surface area contributed by atoms with Gasteiger partial charge >= 0.3 is 11.5 Å². The molecular weight excluding hydrogens is 288 g/mol. The first kappa shape index (κ1) is 15.4. The number of hydrogen-bond acceptors (Lipinski definition) is 4. The van der Waals surface area contributed by atoms with Crippen molar-refractivity contribution in [2.24, 2.45) is 0 Å². The van der Waals surface area contributed by atoms with Crippen LogP contribution in [0.4, 0.5) is 28.9 Å². The monoisotopic (exact) mass is 298 g/mol. The number of aromatic carboxylic acids is 1. The summed E-state index contributed by atoms with van der Waals surface area (Å²) in [6.07, 6.45) is 0. The van der Waals surface area contributed by atoms with Gasteiger partial charge in [0, 0.05) is 12.3 Å². The van der Waals surface area contributed by atoms with Crippen LogP contribution in [0, 0.1) is 5.82 Å². The molecule has 9 heteroatoms. The van der Waals surface area contributed by atoms with Crippen molar-refractivity contribution in [2.75, 3.05) is 23.3 Å². The lowest BCUT2D eigenvalue weighted by molar-refractivity contribution is -0.0327. The smallest absolute Gasteiger partial charge is 0.441 e. The van der Waals surface area contributed by atoms with Crippen LogP contribution in [0.5, 0.6) is 0 Å². The summed E-state index contributed by atoms with van der Waals surface area (Å²) in [4.78, 5) is 10.9. The van der Waals surface area contributed by atoms with Crippen molar-refractivity contribution in [3.05, 3.63) is 23.5 Å². The molecule has 0 aliphatic rings. The molecule has 0 fully saturated rings. The van der Waals surface area contributed by atoms with Crippen molar-refractivity contribution in [1.29, 1.82) is 0 Å². The molecule has 0 spiro atoms. The molecule has 1 aromatic carbocycles. The number of carboxylic acid groups (broad SMARTS) is 1. The summed E-state index contributed by atoms with van der Waals surface area (Å²) in [5.74, 6) is -2.66. The Kier molecular flexibility index (Phi) is 4.87. The van der Waals surface area contributed by atoms with Crippen LogP contribution in [0.25, 0.3) is 0 Å². The predicted molar refractivity (Wildman–Crippen MR) is 64.8 cm³/mol. The molecule has 106 valence electrons. The van der Waals surface area contributed by atoms with Gasteiger partial charge in [0.2, 0.25) is 0 Å². The zero-order valence-corrected chi connectivity index (χ0v) is 10.2. The van der Waals surface area contributed by atoms with E-state index in [1.165, 1.54) is 0 Å². The number of rotatable bonds is 5. The summed E-state index contributed by atoms with van der Waals surface area (Å²) in [5, 5.41) is 11.4. The summed E-state index contributed by atoms with van der Waals surface area (Å²) in [7, 11) is 0. The summed E-state index contributed by atoms with van der Waals surface area (Å²) in [5.41, 5.74) is -0.134. The molecule has 19 heavy (non-hydrogen) atoms. The Morgan fingerprint density at radius 2 is 2.05 bits per heavy atom. The maximum Gasteiger partial charge on any atom is 0.441 e. The van der Waals surface area contributed by atoms with Crippen LogP contribution in [-0.4, -0.2) is 28.9 Å². The first-order chi connectivity index (χ1) is 8.72. The van der Waals surface area contributed by atoms with Crippen molar-refractivity contribution >= 4 is 29.1 Å². The lowest BCUT2D eigenvalue weighted by atomic mass is 10.1. The number of nitrogens with two attached hydrogens (primary N) is 1. The van der Waals surface area contributed by atoms with Crippen molar-refractivity contribution in [3.8, 4) is 0 Å². The van der Waals surface area contributed by atoms with E-state index in [9.17, 15) is 22.4 Å². The normalized spacial score (nSPS) is 11.4. The SMILES string of the molecule is Nc1c(F)ccc(NCCSC(F)(F)F)c1C(=O)O. The number of carboxylic acids is 1. The van der Waals surface area contributed by atoms with E-state index in [0.717, 1.165) is 12.1 Å². The fourth-order valence-electron chi connectivity index (χ4n) is 1.32. The Morgan fingerprint density at radius 1 is 1.42 bits per heavy atom. The van der Waals surface area contributed by atoms with E-state index in [-0.39, 0.29) is 29.7 Å². The average Bonchev–Trinajstić information content (AvgIpc) is 2.27. The van der Waals surface area contributed by atoms with Crippen LogP contribution >= 0.6 is 11.8 Å². The van der Waals surface area contributed by atoms with E-state index in [4.69, 9.17) is 10.8 Å². The van der Waals surface area contributed by atoms with Crippen LogP contribution < -0.4 is 11.1 Å². The Bertz CT molecular complexity index is 479. The fraction of sp³-hybridized carbons (Fsp3) is 0.300. The zero-order valence-electron chi connectivity index (χ0n) is 9.42. The lowest BCUT2D eigenvalue weighted by Crippen LogP contribution is -2.14. The second-order valence-corrected chi connectivity index (χ2v) is 4.57. The molecule has 0 unspecified atom stereocenters. The molecule has 0 radical (unpaired) electrons. The highest BCUT2D eigenvalue weighted by molar-refractivity contribution is 8.00. The van der Waals surface area contributed by atoms with E-state index in [1.54, 1.807) is 0 Å². The van der Waals surface area contributed by atoms with Crippen molar-refractivity contribution in [2.45, 2.75) is 5.51 Å². The Balaban J connectivity index is 2.74. The third kappa shape index (κ3) is 4.51. The standard InChI is InChI=1S/C10H10F4N2O2S/c11-5-1-2-6(7(8(5)15)9(17)18)16-3-4-19-10(12,13)14/h1-2,16H,3-4,15H2,(H,17,18). The molecule has 0 heterocycles. The highest BCUT2D eigenvalue weighted by Gasteiger charge is 2.27. The number of nitrogen functional groups attached to an aromatic ring is 1. The van der Waals surface area contributed by atoms with E-state index in [2.05, 4.69) is 5.32 Å². The Labute approximate surface area is 110 Å². The van der Waals surface area contributed by atoms with Gasteiger partial charge in [-0.3, -0.25) is 0 Å². The van der Waals surface area contributed by atoms with Crippen molar-refractivity contribution < 1.29 is 27.5 Å². The topological polar surface area (TPSA) is 75.3 Å². The van der Waals surface area contributed by atoms with E-state index in [0.29, 0.717) is 0 Å². The Morgan fingerprint density at radius 3 is 2.58 bits per heavy atom. The second kappa shape index (κ2) is 6.00. The number of alkyl halides is 3. The molecule has 0 aliphatic carbocycles. The predicted octanol–water partition coefficient (Wildman–Crippen LogP) is 2.77. The van der Waals surface area contributed by atoms with Gasteiger partial charge < -0.3 is 16.2 Å². The first-order valence-corrected chi connectivity index (χ1v) is 5.96. The molecular formula is C10H10F4N2O2S. The van der Waals surface area contributed by atoms with Gasteiger partial charge in [-0.2, -0.15) is 13.2 Å². The molecule has 0 amide bonds. The molecule has 0 aromatic heterocycles. The lowest BCUT2D eigenvalue weighted by Gasteiger charge is -2.12. The third-order valence-electron chi connectivity index (χ3n) is 2.09. The average molecular weight is 298 g/mol. The van der Waals surface area contributed by atoms with Gasteiger partial charge in [0.15, 0.2) is 0 Å². The van der Waals surface area contributed by atoms with Gasteiger partial charge in [0.05, 0.1) is 11.4 Å². The largest absolute Gasteiger partial charge is 0.478 e. The number of carbonyl (C=O) groups is 1. The number of nitrogens with one attached hydrogen (secondary N) is 1. The highest BCUT2D eigenvalue weighted by atomic mass is 32.2. The molecule has 1 rings (SSSR count). The molecule has 4 N–H and O–H groups in total. The van der Waals surface area contributed by atoms with E-state index < -0.39 is 28.5 Å². The molecule has 0 bridgehead atoms. The van der Waals surface area contributed by atoms with E-state index >= 15 is 0 Å². The summed E-state index contributed by atoms with van der Waals surface area (Å²) < 4.78 is 48.7. The first-order valence-electron chi connectivity index (χ1n) is 4.98. The van der Waals surface area contributed by atoms with Gasteiger partial charge in [-0.25, -0.2) is 9.18 Å². The zero-order chi connectivity index (χ0) is 14.6. The number of halogens is 4. The number of hydrogen-bond donors (Lipinski definition) is 3. The second-order valence-electron chi connectivity index (χ2n) is 3.41. The molecule has 1 aromatic rings. The maximum atomic E-state index is 13.1. The number of thioether (sulfide) groups is 1. The third-order valence-corrected chi connectivity index (χ3v) is 2.82. The van der Waals surface area contributed by atoms with Gasteiger partial charge in [0.1, 0.15) is 11.4 Å². The van der Waals surface area contributed by atoms with Crippen LogP contribution in [0.2, 0.25) is 0 Å². The van der Waals surface area contributed by atoms with Gasteiger partial charge in [0.25, 0.3) is 0 Å². The molecule has 0 aliphatic heterocycles. The molecule has 0 atom stereocenters. The van der Waals surface area contributed by atoms with Crippen LogP contribution in [-0.2, 0) is 0 Å². The minimum absolute atomic E-state index is 0.0193. The Hall–Kier alpha value is -1.64. The number of benzene rings is 1. The van der Waals surface area contributed by atoms with Crippen molar-refractivity contribution in [1.82, 2.24) is 0 Å². The van der Waals surface area contributed by atoms with Gasteiger partial charge in [-0.15, -0.1) is 0 Å². The molecule has 0 saturated heterocycles. The van der Waals surface area contributed by atoms with Crippen molar-refractivity contribution in [3.63, 3.8) is 0 Å². The summed E-state index contributed by atoms with van der Waals surface area (Å²) >= 11 is -0.241. The van der Waals surface area contributed by atoms with Crippen LogP contribution in [0.3, 0.4) is 0 Å².